The molecule has 20 heavy (non-hydrogen) atoms. The Balaban J connectivity index is 1.78. The molecule has 0 unspecified atom stereocenters. The Hall–Kier alpha value is -2.36. The summed E-state index contributed by atoms with van der Waals surface area (Å²) in [6.07, 6.45) is 3.17. The third kappa shape index (κ3) is 2.64. The standard InChI is InChI=1S/C16H16N2O2/c19-15-9-5-11-18(15)16-14(8-4-10-17-16)20-12-13-6-2-1-3-7-13/h1-4,6-8,10H,5,9,11-12H2. The predicted molar refractivity (Wildman–Crippen MR) is 76.6 cm³/mol. The summed E-state index contributed by atoms with van der Waals surface area (Å²) >= 11 is 0. The normalized spacial score (nSPS) is 14.6. The van der Waals surface area contributed by atoms with E-state index < -0.39 is 0 Å². The highest BCUT2D eigenvalue weighted by atomic mass is 16.5. The highest BCUT2D eigenvalue weighted by molar-refractivity contribution is 5.95. The smallest absolute Gasteiger partial charge is 0.228 e. The van der Waals surface area contributed by atoms with Crippen molar-refractivity contribution in [2.24, 2.45) is 0 Å². The molecule has 1 aromatic heterocycles. The third-order valence-corrected chi connectivity index (χ3v) is 3.32. The minimum atomic E-state index is 0.119. The van der Waals surface area contributed by atoms with Crippen molar-refractivity contribution in [2.75, 3.05) is 11.4 Å². The average Bonchev–Trinajstić information content (AvgIpc) is 2.92. The first kappa shape index (κ1) is 12.7. The van der Waals surface area contributed by atoms with Crippen molar-refractivity contribution in [2.45, 2.75) is 19.4 Å². The first-order chi connectivity index (χ1) is 9.84. The Morgan fingerprint density at radius 3 is 2.75 bits per heavy atom. The molecule has 2 heterocycles. The Kier molecular flexibility index (Phi) is 3.63. The van der Waals surface area contributed by atoms with Crippen molar-refractivity contribution < 1.29 is 9.53 Å². The van der Waals surface area contributed by atoms with Crippen LogP contribution in [0.5, 0.6) is 5.75 Å². The number of hydrogen-bond donors (Lipinski definition) is 0. The van der Waals surface area contributed by atoms with Gasteiger partial charge in [0.2, 0.25) is 5.91 Å². The van der Waals surface area contributed by atoms with Gasteiger partial charge in [0.15, 0.2) is 11.6 Å². The molecule has 0 saturated carbocycles. The molecule has 3 rings (SSSR count). The molecule has 0 radical (unpaired) electrons. The van der Waals surface area contributed by atoms with Crippen LogP contribution in [-0.4, -0.2) is 17.4 Å². The summed E-state index contributed by atoms with van der Waals surface area (Å²) in [6.45, 7) is 1.19. The lowest BCUT2D eigenvalue weighted by molar-refractivity contribution is -0.117. The fourth-order valence-electron chi connectivity index (χ4n) is 2.30. The molecule has 102 valence electrons. The van der Waals surface area contributed by atoms with E-state index in [1.165, 1.54) is 0 Å². The number of pyridine rings is 1. The van der Waals surface area contributed by atoms with Crippen LogP contribution in [-0.2, 0) is 11.4 Å². The Labute approximate surface area is 118 Å². The van der Waals surface area contributed by atoms with Gasteiger partial charge in [-0.2, -0.15) is 0 Å². The van der Waals surface area contributed by atoms with Gasteiger partial charge in [-0.1, -0.05) is 30.3 Å². The maximum Gasteiger partial charge on any atom is 0.228 e. The second kappa shape index (κ2) is 5.74. The lowest BCUT2D eigenvalue weighted by atomic mass is 10.2. The van der Waals surface area contributed by atoms with E-state index >= 15 is 0 Å². The van der Waals surface area contributed by atoms with E-state index in [2.05, 4.69) is 4.98 Å². The van der Waals surface area contributed by atoms with Crippen LogP contribution in [0.25, 0.3) is 0 Å². The highest BCUT2D eigenvalue weighted by Gasteiger charge is 2.25. The summed E-state index contributed by atoms with van der Waals surface area (Å²) in [4.78, 5) is 17.8. The molecule has 1 amide bonds. The molecule has 1 aliphatic rings. The summed E-state index contributed by atoms with van der Waals surface area (Å²) in [5, 5.41) is 0. The van der Waals surface area contributed by atoms with E-state index in [4.69, 9.17) is 4.74 Å². The van der Waals surface area contributed by atoms with Crippen LogP contribution in [0.3, 0.4) is 0 Å². The topological polar surface area (TPSA) is 42.4 Å². The number of ether oxygens (including phenoxy) is 1. The third-order valence-electron chi connectivity index (χ3n) is 3.32. The van der Waals surface area contributed by atoms with Crippen LogP contribution in [0.2, 0.25) is 0 Å². The Bertz CT molecular complexity index is 598. The number of hydrogen-bond acceptors (Lipinski definition) is 3. The van der Waals surface area contributed by atoms with Crippen LogP contribution < -0.4 is 9.64 Å². The number of carbonyl (C=O) groups is 1. The number of amides is 1. The zero-order valence-corrected chi connectivity index (χ0v) is 11.2. The molecule has 1 aromatic carbocycles. The van der Waals surface area contributed by atoms with Crippen molar-refractivity contribution in [3.8, 4) is 5.75 Å². The second-order valence-electron chi connectivity index (χ2n) is 4.75. The van der Waals surface area contributed by atoms with Crippen LogP contribution in [0.1, 0.15) is 18.4 Å². The first-order valence-corrected chi connectivity index (χ1v) is 6.77. The summed E-state index contributed by atoms with van der Waals surface area (Å²) in [5.41, 5.74) is 1.09. The van der Waals surface area contributed by atoms with Gasteiger partial charge in [0.1, 0.15) is 6.61 Å². The fraction of sp³-hybridized carbons (Fsp3) is 0.250. The lowest BCUT2D eigenvalue weighted by Gasteiger charge is -2.18. The molecule has 0 bridgehead atoms. The van der Waals surface area contributed by atoms with Gasteiger partial charge in [0.25, 0.3) is 0 Å². The minimum Gasteiger partial charge on any atom is -0.485 e. The van der Waals surface area contributed by atoms with E-state index in [1.807, 2.05) is 42.5 Å². The molecule has 1 saturated heterocycles. The zero-order valence-electron chi connectivity index (χ0n) is 11.2. The van der Waals surface area contributed by atoms with Crippen LogP contribution in [0.4, 0.5) is 5.82 Å². The van der Waals surface area contributed by atoms with E-state index in [0.717, 1.165) is 18.5 Å². The first-order valence-electron chi connectivity index (χ1n) is 6.77. The van der Waals surface area contributed by atoms with Crippen molar-refractivity contribution >= 4 is 11.7 Å². The molecular weight excluding hydrogens is 252 g/mol. The fourth-order valence-corrected chi connectivity index (χ4v) is 2.30. The molecule has 1 fully saturated rings. The van der Waals surface area contributed by atoms with Gasteiger partial charge in [-0.15, -0.1) is 0 Å². The minimum absolute atomic E-state index is 0.119. The van der Waals surface area contributed by atoms with Gasteiger partial charge < -0.3 is 4.74 Å². The lowest BCUT2D eigenvalue weighted by Crippen LogP contribution is -2.25. The highest BCUT2D eigenvalue weighted by Crippen LogP contribution is 2.29. The summed E-state index contributed by atoms with van der Waals surface area (Å²) in [6, 6.07) is 13.6. The molecule has 4 nitrogen and oxygen atoms in total. The monoisotopic (exact) mass is 268 g/mol. The summed E-state index contributed by atoms with van der Waals surface area (Å²) < 4.78 is 5.83. The second-order valence-corrected chi connectivity index (χ2v) is 4.75. The maximum absolute atomic E-state index is 11.8. The molecule has 0 N–H and O–H groups in total. The zero-order chi connectivity index (χ0) is 13.8. The molecule has 0 aliphatic carbocycles. The van der Waals surface area contributed by atoms with Gasteiger partial charge in [-0.25, -0.2) is 4.98 Å². The van der Waals surface area contributed by atoms with Gasteiger partial charge >= 0.3 is 0 Å². The number of benzene rings is 1. The van der Waals surface area contributed by atoms with Crippen LogP contribution >= 0.6 is 0 Å². The number of nitrogens with zero attached hydrogens (tertiary/aromatic N) is 2. The Morgan fingerprint density at radius 1 is 1.15 bits per heavy atom. The number of aromatic nitrogens is 1. The molecule has 4 heteroatoms. The Morgan fingerprint density at radius 2 is 2.00 bits per heavy atom. The molecule has 0 spiro atoms. The summed E-state index contributed by atoms with van der Waals surface area (Å²) in [5.74, 6) is 1.41. The van der Waals surface area contributed by atoms with E-state index in [0.29, 0.717) is 24.6 Å². The van der Waals surface area contributed by atoms with Crippen LogP contribution in [0.15, 0.2) is 48.7 Å². The van der Waals surface area contributed by atoms with E-state index in [-0.39, 0.29) is 5.91 Å². The van der Waals surface area contributed by atoms with Gasteiger partial charge in [-0.05, 0) is 24.1 Å². The number of rotatable bonds is 4. The van der Waals surface area contributed by atoms with Gasteiger partial charge in [-0.3, -0.25) is 9.69 Å². The van der Waals surface area contributed by atoms with Crippen molar-refractivity contribution in [1.82, 2.24) is 4.98 Å². The van der Waals surface area contributed by atoms with Crippen molar-refractivity contribution in [1.29, 1.82) is 0 Å². The van der Waals surface area contributed by atoms with E-state index in [1.54, 1.807) is 11.1 Å². The predicted octanol–water partition coefficient (Wildman–Crippen LogP) is 2.79. The molecule has 1 aliphatic heterocycles. The van der Waals surface area contributed by atoms with Crippen molar-refractivity contribution in [3.63, 3.8) is 0 Å². The average molecular weight is 268 g/mol. The quantitative estimate of drug-likeness (QED) is 0.856. The van der Waals surface area contributed by atoms with Gasteiger partial charge in [0, 0.05) is 19.2 Å². The largest absolute Gasteiger partial charge is 0.485 e. The van der Waals surface area contributed by atoms with Crippen molar-refractivity contribution in [3.05, 3.63) is 54.2 Å². The number of carbonyl (C=O) groups excluding carboxylic acids is 1. The number of anilines is 1. The SMILES string of the molecule is O=C1CCCN1c1ncccc1OCc1ccccc1. The molecule has 2 aromatic rings. The van der Waals surface area contributed by atoms with Crippen LogP contribution in [0, 0.1) is 0 Å². The van der Waals surface area contributed by atoms with Gasteiger partial charge in [0.05, 0.1) is 0 Å². The summed E-state index contributed by atoms with van der Waals surface area (Å²) in [7, 11) is 0. The maximum atomic E-state index is 11.8. The molecular formula is C16H16N2O2. The molecule has 0 atom stereocenters. The van der Waals surface area contributed by atoms with E-state index in [9.17, 15) is 4.79 Å².